The summed E-state index contributed by atoms with van der Waals surface area (Å²) in [6.45, 7) is 0. The molecule has 0 N–H and O–H groups in total. The summed E-state index contributed by atoms with van der Waals surface area (Å²) >= 11 is 0. The van der Waals surface area contributed by atoms with Gasteiger partial charge in [0, 0.05) is 14.7 Å². The Morgan fingerprint density at radius 3 is 1.21 bits per heavy atom. The Hall–Kier alpha value is -2.75. The Balaban J connectivity index is 2.03. The third-order valence-corrected chi connectivity index (χ3v) is 10.9. The summed E-state index contributed by atoms with van der Waals surface area (Å²) in [4.78, 5) is -0.396. The molecular weight excluding hydrogens is 575 g/mol. The van der Waals surface area contributed by atoms with E-state index < -0.39 is 49.5 Å². The smallest absolute Gasteiger partial charge is 0.257 e. The van der Waals surface area contributed by atoms with E-state index in [4.69, 9.17) is 3.63 Å². The molecule has 3 aromatic carbocycles. The van der Waals surface area contributed by atoms with E-state index in [2.05, 4.69) is 4.74 Å². The first kappa shape index (κ1) is 28.3. The maximum Gasteiger partial charge on any atom is 0.429 e. The Labute approximate surface area is 211 Å². The van der Waals surface area contributed by atoms with Gasteiger partial charge < -0.3 is 0 Å². The summed E-state index contributed by atoms with van der Waals surface area (Å²) in [7, 11) is -11.0. The van der Waals surface area contributed by atoms with E-state index in [0.29, 0.717) is 0 Å². The van der Waals surface area contributed by atoms with Crippen LogP contribution in [0.3, 0.4) is 0 Å². The lowest BCUT2D eigenvalue weighted by Crippen LogP contribution is -2.77. The lowest BCUT2D eigenvalue weighted by Gasteiger charge is -2.48. The van der Waals surface area contributed by atoms with Crippen LogP contribution in [0.1, 0.15) is 0 Å². The molecule has 1 fully saturated rings. The number of halogens is 9. The van der Waals surface area contributed by atoms with Gasteiger partial charge >= 0.3 is 39.2 Å². The minimum Gasteiger partial charge on any atom is -0.257 e. The SMILES string of the molecule is O=S(=O)(OS(c1ccccc1)(c1ccccc1)c1ccccc1)C1(F)OC(F)(F)C(F)(F)C(F)(F)C1(F)F. The van der Waals surface area contributed by atoms with Crippen molar-refractivity contribution in [3.05, 3.63) is 91.0 Å². The van der Waals surface area contributed by atoms with Gasteiger partial charge in [-0.1, -0.05) is 54.6 Å². The Morgan fingerprint density at radius 1 is 0.526 bits per heavy atom. The summed E-state index contributed by atoms with van der Waals surface area (Å²) in [5.74, 6) is -21.3. The normalized spacial score (nSPS) is 24.4. The molecule has 38 heavy (non-hydrogen) atoms. The third kappa shape index (κ3) is 3.73. The molecular formula is C23H15F9O4S2. The van der Waals surface area contributed by atoms with E-state index in [1.54, 1.807) is 0 Å². The highest BCUT2D eigenvalue weighted by Gasteiger charge is 2.96. The highest BCUT2D eigenvalue weighted by atomic mass is 32.3. The lowest BCUT2D eigenvalue weighted by molar-refractivity contribution is -0.517. The number of hydrogen-bond acceptors (Lipinski definition) is 4. The predicted octanol–water partition coefficient (Wildman–Crippen LogP) is 7.38. The second-order valence-electron chi connectivity index (χ2n) is 7.90. The van der Waals surface area contributed by atoms with Crippen molar-refractivity contribution in [3.63, 3.8) is 0 Å². The quantitative estimate of drug-likeness (QED) is 0.281. The minimum absolute atomic E-state index is 0.132. The van der Waals surface area contributed by atoms with Gasteiger partial charge in [0.2, 0.25) is 0 Å². The summed E-state index contributed by atoms with van der Waals surface area (Å²) in [6.07, 6.45) is -6.69. The van der Waals surface area contributed by atoms with Crippen LogP contribution < -0.4 is 0 Å². The van der Waals surface area contributed by atoms with Crippen molar-refractivity contribution in [2.45, 2.75) is 43.7 Å². The van der Waals surface area contributed by atoms with Crippen molar-refractivity contribution in [1.29, 1.82) is 0 Å². The number of alkyl halides is 9. The average Bonchev–Trinajstić information content (AvgIpc) is 2.87. The van der Waals surface area contributed by atoms with Crippen LogP contribution in [-0.4, -0.2) is 37.5 Å². The molecule has 1 aliphatic heterocycles. The van der Waals surface area contributed by atoms with Crippen LogP contribution in [0, 0.1) is 0 Å². The summed E-state index contributed by atoms with van der Waals surface area (Å²) < 4.78 is 162. The van der Waals surface area contributed by atoms with Gasteiger partial charge in [-0.15, -0.1) is 0 Å². The zero-order valence-electron chi connectivity index (χ0n) is 18.5. The number of benzene rings is 3. The fourth-order valence-corrected chi connectivity index (χ4v) is 9.06. The topological polar surface area (TPSA) is 52.6 Å². The summed E-state index contributed by atoms with van der Waals surface area (Å²) in [5, 5.41) is -6.45. The molecule has 1 atom stereocenters. The molecule has 1 heterocycles. The second kappa shape index (κ2) is 8.89. The lowest BCUT2D eigenvalue weighted by atomic mass is 10.0. The number of ether oxygens (including phenoxy) is 1. The van der Waals surface area contributed by atoms with Crippen LogP contribution >= 0.6 is 10.3 Å². The molecule has 1 unspecified atom stereocenters. The maximum absolute atomic E-state index is 15.6. The van der Waals surface area contributed by atoms with Crippen molar-refractivity contribution in [1.82, 2.24) is 0 Å². The molecule has 0 saturated carbocycles. The predicted molar refractivity (Wildman–Crippen MR) is 116 cm³/mol. The molecule has 0 radical (unpaired) electrons. The molecule has 4 nitrogen and oxygen atoms in total. The Bertz CT molecular complexity index is 1310. The van der Waals surface area contributed by atoms with Crippen molar-refractivity contribution in [3.8, 4) is 0 Å². The molecule has 0 amide bonds. The van der Waals surface area contributed by atoms with Crippen LogP contribution in [0.15, 0.2) is 106 Å². The monoisotopic (exact) mass is 590 g/mol. The molecule has 0 bridgehead atoms. The molecule has 0 aromatic heterocycles. The van der Waals surface area contributed by atoms with Gasteiger partial charge in [-0.2, -0.15) is 47.9 Å². The minimum atomic E-state index is -7.23. The zero-order valence-corrected chi connectivity index (χ0v) is 20.1. The molecule has 206 valence electrons. The highest BCUT2D eigenvalue weighted by Crippen LogP contribution is 2.72. The first-order valence-corrected chi connectivity index (χ1v) is 13.3. The standard InChI is InChI=1S/C23H15F9O4S2/c24-19(25)20(26,27)22(30,31)35-23(32,21(19,28)29)38(33,34)36-37(16-10-4-1-5-11-16,17-12-6-2-7-13-17)18-14-8-3-9-15-18/h1-15H. The van der Waals surface area contributed by atoms with Gasteiger partial charge in [-0.3, -0.25) is 4.74 Å². The van der Waals surface area contributed by atoms with E-state index in [1.165, 1.54) is 91.0 Å². The second-order valence-corrected chi connectivity index (χ2v) is 12.4. The van der Waals surface area contributed by atoms with Crippen LogP contribution in [-0.2, 0) is 18.5 Å². The van der Waals surface area contributed by atoms with E-state index >= 15 is 4.39 Å². The van der Waals surface area contributed by atoms with Crippen molar-refractivity contribution >= 4 is 20.4 Å². The summed E-state index contributed by atoms with van der Waals surface area (Å²) in [6, 6.07) is 19.8. The van der Waals surface area contributed by atoms with Gasteiger partial charge in [0.1, 0.15) is 0 Å². The summed E-state index contributed by atoms with van der Waals surface area (Å²) in [5.41, 5.74) is 0. The largest absolute Gasteiger partial charge is 0.429 e. The molecule has 0 aliphatic carbocycles. The van der Waals surface area contributed by atoms with Gasteiger partial charge in [0.15, 0.2) is 0 Å². The molecule has 15 heteroatoms. The molecule has 1 saturated heterocycles. The van der Waals surface area contributed by atoms with Gasteiger partial charge in [0.25, 0.3) is 0 Å². The molecule has 3 aromatic rings. The Kier molecular flexibility index (Phi) is 6.61. The maximum atomic E-state index is 15.6. The molecule has 4 rings (SSSR count). The van der Waals surface area contributed by atoms with Crippen LogP contribution in [0.5, 0.6) is 0 Å². The highest BCUT2D eigenvalue weighted by molar-refractivity contribution is 8.33. The van der Waals surface area contributed by atoms with Crippen LogP contribution in [0.25, 0.3) is 0 Å². The molecule has 0 spiro atoms. The van der Waals surface area contributed by atoms with Crippen molar-refractivity contribution in [2.75, 3.05) is 0 Å². The molecule has 1 aliphatic rings. The van der Waals surface area contributed by atoms with Gasteiger partial charge in [-0.05, 0) is 46.7 Å². The van der Waals surface area contributed by atoms with E-state index in [1.807, 2.05) is 0 Å². The Morgan fingerprint density at radius 2 is 0.868 bits per heavy atom. The van der Waals surface area contributed by atoms with Gasteiger partial charge in [0.05, 0.1) is 0 Å². The van der Waals surface area contributed by atoms with E-state index in [0.717, 1.165) is 0 Å². The number of hydrogen-bond donors (Lipinski definition) is 0. The first-order valence-electron chi connectivity index (χ1n) is 10.3. The fraction of sp³-hybridized carbons (Fsp3) is 0.217. The zero-order chi connectivity index (χ0) is 28.3. The first-order chi connectivity index (χ1) is 17.5. The fourth-order valence-electron chi connectivity index (χ4n) is 3.61. The third-order valence-electron chi connectivity index (χ3n) is 5.53. The van der Waals surface area contributed by atoms with Gasteiger partial charge in [-0.25, -0.2) is 3.63 Å². The van der Waals surface area contributed by atoms with Crippen molar-refractivity contribution in [2.24, 2.45) is 0 Å². The average molecular weight is 590 g/mol. The van der Waals surface area contributed by atoms with E-state index in [-0.39, 0.29) is 14.7 Å². The van der Waals surface area contributed by atoms with Crippen molar-refractivity contribution < 1.29 is 56.3 Å². The number of rotatable bonds is 6. The van der Waals surface area contributed by atoms with E-state index in [9.17, 15) is 43.5 Å². The van der Waals surface area contributed by atoms with Crippen LogP contribution in [0.2, 0.25) is 0 Å². The van der Waals surface area contributed by atoms with Crippen LogP contribution in [0.4, 0.5) is 39.5 Å².